The van der Waals surface area contributed by atoms with E-state index in [-0.39, 0.29) is 11.2 Å². The minimum atomic E-state index is -0.573. The summed E-state index contributed by atoms with van der Waals surface area (Å²) in [5, 5.41) is 14.7. The van der Waals surface area contributed by atoms with E-state index < -0.39 is 4.92 Å². The highest BCUT2D eigenvalue weighted by molar-refractivity contribution is 5.84. The lowest BCUT2D eigenvalue weighted by atomic mass is 10.2. The zero-order valence-corrected chi connectivity index (χ0v) is 14.1. The number of hydrogen-bond donors (Lipinski definition) is 1. The molecule has 0 fully saturated rings. The van der Waals surface area contributed by atoms with Gasteiger partial charge >= 0.3 is 5.82 Å². The molecule has 7 heteroatoms. The molecular formula is C20H14N4O3. The number of rotatable bonds is 4. The van der Waals surface area contributed by atoms with Crippen LogP contribution in [0.5, 0.6) is 0 Å². The van der Waals surface area contributed by atoms with Crippen molar-refractivity contribution in [3.63, 3.8) is 0 Å². The van der Waals surface area contributed by atoms with E-state index in [1.807, 2.05) is 60.7 Å². The van der Waals surface area contributed by atoms with Gasteiger partial charge in [0, 0.05) is 17.4 Å². The minimum absolute atomic E-state index is 0.266. The molecule has 2 aromatic heterocycles. The summed E-state index contributed by atoms with van der Waals surface area (Å²) >= 11 is 0. The fourth-order valence-corrected chi connectivity index (χ4v) is 2.92. The van der Waals surface area contributed by atoms with Gasteiger partial charge in [0.1, 0.15) is 5.82 Å². The summed E-state index contributed by atoms with van der Waals surface area (Å²) in [5.74, 6) is 0.189. The van der Waals surface area contributed by atoms with Crippen LogP contribution in [0, 0.1) is 10.1 Å². The number of aromatic nitrogens is 2. The Hall–Kier alpha value is -4.00. The van der Waals surface area contributed by atoms with Gasteiger partial charge in [-0.2, -0.15) is 0 Å². The molecule has 0 atom stereocenters. The van der Waals surface area contributed by atoms with Crippen molar-refractivity contribution in [3.05, 3.63) is 99.3 Å². The lowest BCUT2D eigenvalue weighted by Gasteiger charge is -2.17. The molecule has 0 spiro atoms. The van der Waals surface area contributed by atoms with Crippen molar-refractivity contribution in [3.8, 4) is 5.69 Å². The largest absolute Gasteiger partial charge is 0.365 e. The van der Waals surface area contributed by atoms with E-state index in [9.17, 15) is 14.9 Å². The maximum atomic E-state index is 12.6. The van der Waals surface area contributed by atoms with Crippen molar-refractivity contribution in [1.29, 1.82) is 0 Å². The molecule has 0 aliphatic rings. The summed E-state index contributed by atoms with van der Waals surface area (Å²) < 4.78 is 1.78. The summed E-state index contributed by atoms with van der Waals surface area (Å²) in [5.41, 5.74) is 1.71. The van der Waals surface area contributed by atoms with Gasteiger partial charge < -0.3 is 15.4 Å². The predicted molar refractivity (Wildman–Crippen MR) is 104 cm³/mol. The highest BCUT2D eigenvalue weighted by Gasteiger charge is 2.17. The standard InChI is InChI=1S/C20H14N4O3/c25-18-12-20(22-14-7-3-1-4-8-14)23(15-9-5-2-6-10-15)17-11-19(24(26)27)21-13-16(17)18/h1-13,22H. The molecule has 0 saturated heterocycles. The van der Waals surface area contributed by atoms with Gasteiger partial charge in [0.15, 0.2) is 11.6 Å². The molecule has 0 unspecified atom stereocenters. The lowest BCUT2D eigenvalue weighted by Crippen LogP contribution is -2.13. The van der Waals surface area contributed by atoms with Crippen LogP contribution in [0.25, 0.3) is 16.6 Å². The van der Waals surface area contributed by atoms with Crippen LogP contribution < -0.4 is 10.7 Å². The predicted octanol–water partition coefficient (Wildman–Crippen LogP) is 4.04. The van der Waals surface area contributed by atoms with E-state index in [1.165, 1.54) is 18.3 Å². The number of para-hydroxylation sites is 2. The number of nitrogens with zero attached hydrogens (tertiary/aromatic N) is 3. The van der Waals surface area contributed by atoms with Crippen LogP contribution in [-0.2, 0) is 0 Å². The van der Waals surface area contributed by atoms with Gasteiger partial charge in [-0.25, -0.2) is 0 Å². The zero-order chi connectivity index (χ0) is 18.8. The fraction of sp³-hybridized carbons (Fsp3) is 0. The molecule has 4 rings (SSSR count). The first-order valence-corrected chi connectivity index (χ1v) is 8.21. The normalized spacial score (nSPS) is 10.7. The van der Waals surface area contributed by atoms with Gasteiger partial charge in [0.25, 0.3) is 0 Å². The lowest BCUT2D eigenvalue weighted by molar-refractivity contribution is -0.389. The van der Waals surface area contributed by atoms with Gasteiger partial charge in [0.2, 0.25) is 0 Å². The van der Waals surface area contributed by atoms with E-state index in [0.29, 0.717) is 16.7 Å². The molecule has 7 nitrogen and oxygen atoms in total. The maximum Gasteiger partial charge on any atom is 0.365 e. The second-order valence-electron chi connectivity index (χ2n) is 5.87. The Bertz CT molecular complexity index is 1190. The maximum absolute atomic E-state index is 12.6. The molecule has 4 aromatic rings. The number of benzene rings is 2. The SMILES string of the molecule is O=c1cc(Nc2ccccc2)n(-c2ccccc2)c2cc([N+](=O)[O-])ncc12. The molecule has 0 aliphatic heterocycles. The van der Waals surface area contributed by atoms with Crippen molar-refractivity contribution in [2.75, 3.05) is 5.32 Å². The fourth-order valence-electron chi connectivity index (χ4n) is 2.92. The Kier molecular flexibility index (Phi) is 4.10. The quantitative estimate of drug-likeness (QED) is 0.439. The van der Waals surface area contributed by atoms with Gasteiger partial charge in [-0.15, -0.1) is 0 Å². The molecular weight excluding hydrogens is 344 g/mol. The zero-order valence-electron chi connectivity index (χ0n) is 14.1. The minimum Gasteiger partial charge on any atom is -0.358 e. The monoisotopic (exact) mass is 358 g/mol. The molecule has 0 amide bonds. The highest BCUT2D eigenvalue weighted by Crippen LogP contribution is 2.26. The van der Waals surface area contributed by atoms with Crippen molar-refractivity contribution in [1.82, 2.24) is 9.55 Å². The van der Waals surface area contributed by atoms with Crippen LogP contribution >= 0.6 is 0 Å². The van der Waals surface area contributed by atoms with Crippen LogP contribution in [-0.4, -0.2) is 14.5 Å². The Labute approximate surface area is 153 Å². The number of nitro groups is 1. The third-order valence-corrected chi connectivity index (χ3v) is 4.13. The highest BCUT2D eigenvalue weighted by atomic mass is 16.6. The smallest absolute Gasteiger partial charge is 0.358 e. The summed E-state index contributed by atoms with van der Waals surface area (Å²) in [6, 6.07) is 21.5. The van der Waals surface area contributed by atoms with Gasteiger partial charge in [0.05, 0.1) is 17.0 Å². The number of anilines is 2. The topological polar surface area (TPSA) is 90.1 Å². The van der Waals surface area contributed by atoms with Crippen LogP contribution in [0.4, 0.5) is 17.3 Å². The number of hydrogen-bond acceptors (Lipinski definition) is 5. The van der Waals surface area contributed by atoms with Crippen LogP contribution in [0.1, 0.15) is 0 Å². The summed E-state index contributed by atoms with van der Waals surface area (Å²) in [6.45, 7) is 0. The average Bonchev–Trinajstić information content (AvgIpc) is 2.69. The van der Waals surface area contributed by atoms with E-state index >= 15 is 0 Å². The second-order valence-corrected chi connectivity index (χ2v) is 5.87. The molecule has 132 valence electrons. The molecule has 0 radical (unpaired) electrons. The molecule has 0 saturated carbocycles. The van der Waals surface area contributed by atoms with Crippen molar-refractivity contribution in [2.45, 2.75) is 0 Å². The Balaban J connectivity index is 2.04. The van der Waals surface area contributed by atoms with Gasteiger partial charge in [-0.1, -0.05) is 36.4 Å². The number of fused-ring (bicyclic) bond motifs is 1. The van der Waals surface area contributed by atoms with Crippen LogP contribution in [0.3, 0.4) is 0 Å². The van der Waals surface area contributed by atoms with E-state index in [4.69, 9.17) is 0 Å². The van der Waals surface area contributed by atoms with Crippen molar-refractivity contribution < 1.29 is 4.92 Å². The molecule has 1 N–H and O–H groups in total. The van der Waals surface area contributed by atoms with E-state index in [1.54, 1.807) is 4.57 Å². The van der Waals surface area contributed by atoms with E-state index in [0.717, 1.165) is 11.4 Å². The van der Waals surface area contributed by atoms with Crippen LogP contribution in [0.15, 0.2) is 83.8 Å². The first kappa shape index (κ1) is 16.5. The molecule has 2 heterocycles. The Morgan fingerprint density at radius 2 is 1.63 bits per heavy atom. The van der Waals surface area contributed by atoms with Gasteiger partial charge in [-0.05, 0) is 34.2 Å². The third-order valence-electron chi connectivity index (χ3n) is 4.13. The first-order valence-electron chi connectivity index (χ1n) is 8.21. The molecule has 27 heavy (non-hydrogen) atoms. The van der Waals surface area contributed by atoms with E-state index in [2.05, 4.69) is 10.3 Å². The van der Waals surface area contributed by atoms with Crippen molar-refractivity contribution in [2.24, 2.45) is 0 Å². The third kappa shape index (κ3) is 3.13. The Morgan fingerprint density at radius 3 is 2.30 bits per heavy atom. The average molecular weight is 358 g/mol. The van der Waals surface area contributed by atoms with Crippen molar-refractivity contribution >= 4 is 28.2 Å². The van der Waals surface area contributed by atoms with Crippen LogP contribution in [0.2, 0.25) is 0 Å². The van der Waals surface area contributed by atoms with Gasteiger partial charge in [-0.3, -0.25) is 9.36 Å². The summed E-state index contributed by atoms with van der Waals surface area (Å²) in [4.78, 5) is 27.0. The molecule has 0 bridgehead atoms. The summed E-state index contributed by atoms with van der Waals surface area (Å²) in [6.07, 6.45) is 1.25. The summed E-state index contributed by atoms with van der Waals surface area (Å²) in [7, 11) is 0. The second kappa shape index (κ2) is 6.72. The molecule has 0 aliphatic carbocycles. The Morgan fingerprint density at radius 1 is 0.963 bits per heavy atom. The number of nitrogens with one attached hydrogen (secondary N) is 1. The first-order chi connectivity index (χ1) is 13.1. The molecule has 2 aromatic carbocycles. The number of pyridine rings is 2.